The number of carboxylic acid groups (broad SMARTS) is 1. The number of rotatable bonds is 1. The zero-order valence-corrected chi connectivity index (χ0v) is 10.6. The molecule has 0 unspecified atom stereocenters. The van der Waals surface area contributed by atoms with E-state index in [-0.39, 0.29) is 57.2 Å². The predicted octanol–water partition coefficient (Wildman–Crippen LogP) is -4.02. The van der Waals surface area contributed by atoms with Gasteiger partial charge in [0.15, 0.2) is 5.82 Å². The van der Waals surface area contributed by atoms with Gasteiger partial charge in [-0.2, -0.15) is 0 Å². The fourth-order valence-electron chi connectivity index (χ4n) is 1.46. The maximum Gasteiger partial charge on any atom is 1.00 e. The Morgan fingerprint density at radius 1 is 1.38 bits per heavy atom. The van der Waals surface area contributed by atoms with Crippen molar-refractivity contribution in [2.24, 2.45) is 0 Å². The normalized spacial score (nSPS) is 14.5. The number of aromatic nitrogens is 3. The molecular weight excluding hydrogens is 197 g/mol. The average Bonchev–Trinajstić information content (AvgIpc) is 2.47. The van der Waals surface area contributed by atoms with Crippen LogP contribution in [0.3, 0.4) is 0 Å². The van der Waals surface area contributed by atoms with E-state index in [9.17, 15) is 9.90 Å². The molecular formula is C7H8KN3O2. The van der Waals surface area contributed by atoms with Crippen LogP contribution in [-0.2, 0) is 13.0 Å². The number of carbonyl (C=O) groups excluding carboxylic acids is 1. The van der Waals surface area contributed by atoms with E-state index < -0.39 is 5.97 Å². The van der Waals surface area contributed by atoms with Gasteiger partial charge in [0.2, 0.25) is 0 Å². The minimum atomic E-state index is -1.24. The molecule has 0 saturated carbocycles. The second kappa shape index (κ2) is 4.65. The third-order valence-corrected chi connectivity index (χ3v) is 2.04. The molecule has 0 N–H and O–H groups in total. The largest absolute Gasteiger partial charge is 1.00 e. The fourth-order valence-corrected chi connectivity index (χ4v) is 1.46. The molecule has 0 spiro atoms. The number of nitrogens with zero attached hydrogens (tertiary/aromatic N) is 3. The van der Waals surface area contributed by atoms with Crippen LogP contribution in [-0.4, -0.2) is 20.7 Å². The fraction of sp³-hybridized carbons (Fsp3) is 0.571. The maximum atomic E-state index is 10.5. The zero-order chi connectivity index (χ0) is 8.55. The molecule has 13 heavy (non-hydrogen) atoms. The average molecular weight is 205 g/mol. The Morgan fingerprint density at radius 3 is 2.85 bits per heavy atom. The van der Waals surface area contributed by atoms with Gasteiger partial charge in [-0.1, -0.05) is 0 Å². The molecule has 1 aromatic heterocycles. The first-order valence-corrected chi connectivity index (χ1v) is 3.92. The molecule has 1 aliphatic heterocycles. The minimum absolute atomic E-state index is 0. The predicted molar refractivity (Wildman–Crippen MR) is 37.3 cm³/mol. The van der Waals surface area contributed by atoms with Gasteiger partial charge >= 0.3 is 51.4 Å². The van der Waals surface area contributed by atoms with E-state index in [0.717, 1.165) is 25.1 Å². The summed E-state index contributed by atoms with van der Waals surface area (Å²) in [6.07, 6.45) is 2.87. The van der Waals surface area contributed by atoms with E-state index in [2.05, 4.69) is 10.2 Å². The number of hydrogen-bond acceptors (Lipinski definition) is 4. The Kier molecular flexibility index (Phi) is 4.05. The quantitative estimate of drug-likeness (QED) is 0.438. The topological polar surface area (TPSA) is 70.8 Å². The van der Waals surface area contributed by atoms with Crippen molar-refractivity contribution in [3.63, 3.8) is 0 Å². The molecule has 2 heterocycles. The molecule has 0 bridgehead atoms. The second-order valence-electron chi connectivity index (χ2n) is 2.84. The van der Waals surface area contributed by atoms with Gasteiger partial charge in [-0.15, -0.1) is 10.2 Å². The van der Waals surface area contributed by atoms with Crippen LogP contribution < -0.4 is 56.5 Å². The zero-order valence-electron chi connectivity index (χ0n) is 7.49. The summed E-state index contributed by atoms with van der Waals surface area (Å²) in [7, 11) is 0. The van der Waals surface area contributed by atoms with Gasteiger partial charge < -0.3 is 14.5 Å². The Bertz CT molecular complexity index is 324. The SMILES string of the molecule is O=C([O-])c1nnc2n1CCCC2.[K+]. The van der Waals surface area contributed by atoms with Crippen LogP contribution in [0.1, 0.15) is 29.3 Å². The van der Waals surface area contributed by atoms with Crippen molar-refractivity contribution in [1.29, 1.82) is 0 Å². The molecule has 0 aliphatic carbocycles. The van der Waals surface area contributed by atoms with E-state index in [1.165, 1.54) is 0 Å². The van der Waals surface area contributed by atoms with Gasteiger partial charge in [-0.05, 0) is 12.8 Å². The smallest absolute Gasteiger partial charge is 0.541 e. The van der Waals surface area contributed by atoms with Crippen LogP contribution in [0, 0.1) is 0 Å². The molecule has 0 radical (unpaired) electrons. The molecule has 0 atom stereocenters. The van der Waals surface area contributed by atoms with Crippen molar-refractivity contribution < 1.29 is 61.3 Å². The Labute approximate surface area is 118 Å². The van der Waals surface area contributed by atoms with Crippen molar-refractivity contribution >= 4 is 5.97 Å². The number of carboxylic acids is 1. The number of fused-ring (bicyclic) bond motifs is 1. The molecule has 0 fully saturated rings. The van der Waals surface area contributed by atoms with Gasteiger partial charge in [0.25, 0.3) is 0 Å². The summed E-state index contributed by atoms with van der Waals surface area (Å²) in [4.78, 5) is 10.5. The summed E-state index contributed by atoms with van der Waals surface area (Å²) >= 11 is 0. The molecule has 2 rings (SSSR count). The van der Waals surface area contributed by atoms with Crippen molar-refractivity contribution in [2.75, 3.05) is 0 Å². The molecule has 0 saturated heterocycles. The Hall–Kier alpha value is 0.246. The van der Waals surface area contributed by atoms with E-state index in [0.29, 0.717) is 6.54 Å². The number of hydrogen-bond donors (Lipinski definition) is 0. The summed E-state index contributed by atoms with van der Waals surface area (Å²) < 4.78 is 1.62. The number of aromatic carboxylic acids is 1. The monoisotopic (exact) mass is 205 g/mol. The van der Waals surface area contributed by atoms with Gasteiger partial charge in [0.1, 0.15) is 11.8 Å². The van der Waals surface area contributed by atoms with Crippen LogP contribution >= 0.6 is 0 Å². The van der Waals surface area contributed by atoms with Gasteiger partial charge in [-0.3, -0.25) is 0 Å². The van der Waals surface area contributed by atoms with Gasteiger partial charge in [0, 0.05) is 13.0 Å². The molecule has 1 aromatic rings. The summed E-state index contributed by atoms with van der Waals surface area (Å²) in [5.41, 5.74) is 0. The van der Waals surface area contributed by atoms with Crippen LogP contribution in [0.2, 0.25) is 0 Å². The number of carbonyl (C=O) groups is 1. The minimum Gasteiger partial charge on any atom is -0.541 e. The van der Waals surface area contributed by atoms with Crippen molar-refractivity contribution in [3.8, 4) is 0 Å². The van der Waals surface area contributed by atoms with Crippen molar-refractivity contribution in [3.05, 3.63) is 11.6 Å². The third kappa shape index (κ3) is 2.19. The summed E-state index contributed by atoms with van der Waals surface area (Å²) in [6, 6.07) is 0. The van der Waals surface area contributed by atoms with Crippen LogP contribution in [0.15, 0.2) is 0 Å². The first-order valence-electron chi connectivity index (χ1n) is 3.92. The molecule has 64 valence electrons. The van der Waals surface area contributed by atoms with E-state index in [1.807, 2.05) is 0 Å². The van der Waals surface area contributed by atoms with E-state index in [4.69, 9.17) is 0 Å². The van der Waals surface area contributed by atoms with E-state index >= 15 is 0 Å². The molecule has 0 amide bonds. The number of aryl methyl sites for hydroxylation is 1. The summed E-state index contributed by atoms with van der Waals surface area (Å²) in [5, 5.41) is 17.8. The molecule has 0 aromatic carbocycles. The van der Waals surface area contributed by atoms with Crippen molar-refractivity contribution in [1.82, 2.24) is 14.8 Å². The van der Waals surface area contributed by atoms with Gasteiger partial charge in [0.05, 0.1) is 0 Å². The second-order valence-corrected chi connectivity index (χ2v) is 2.84. The Balaban J connectivity index is 0.000000845. The molecule has 6 heteroatoms. The maximum absolute atomic E-state index is 10.5. The van der Waals surface area contributed by atoms with Crippen LogP contribution in [0.5, 0.6) is 0 Å². The molecule has 5 nitrogen and oxygen atoms in total. The third-order valence-electron chi connectivity index (χ3n) is 2.04. The first kappa shape index (κ1) is 11.3. The van der Waals surface area contributed by atoms with Crippen LogP contribution in [0.4, 0.5) is 0 Å². The van der Waals surface area contributed by atoms with E-state index in [1.54, 1.807) is 4.57 Å². The van der Waals surface area contributed by atoms with Gasteiger partial charge in [-0.25, -0.2) is 0 Å². The Morgan fingerprint density at radius 2 is 2.15 bits per heavy atom. The summed E-state index contributed by atoms with van der Waals surface area (Å²) in [6.45, 7) is 0.700. The van der Waals surface area contributed by atoms with Crippen molar-refractivity contribution in [2.45, 2.75) is 25.8 Å². The first-order chi connectivity index (χ1) is 5.79. The summed E-state index contributed by atoms with van der Waals surface area (Å²) in [5.74, 6) is -0.513. The van der Waals surface area contributed by atoms with Crippen LogP contribution in [0.25, 0.3) is 0 Å². The molecule has 1 aliphatic rings. The standard InChI is InChI=1S/C7H9N3O2.K/c11-7(12)6-9-8-5-3-1-2-4-10(5)6;/h1-4H2,(H,11,12);/q;+1/p-1.